The lowest BCUT2D eigenvalue weighted by atomic mass is 10.1. The Labute approximate surface area is 104 Å². The van der Waals surface area contributed by atoms with E-state index in [0.29, 0.717) is 22.4 Å². The lowest BCUT2D eigenvalue weighted by Gasteiger charge is -2.07. The van der Waals surface area contributed by atoms with E-state index in [1.807, 2.05) is 6.07 Å². The molecule has 96 valence electrons. The summed E-state index contributed by atoms with van der Waals surface area (Å²) in [5.74, 6) is 0.192. The van der Waals surface area contributed by atoms with Gasteiger partial charge in [0.1, 0.15) is 5.75 Å². The molecule has 0 aliphatic carbocycles. The maximum absolute atomic E-state index is 12.0. The smallest absolute Gasteiger partial charge is 0.220 e. The van der Waals surface area contributed by atoms with E-state index in [0.717, 1.165) is 5.52 Å². The minimum Gasteiger partial charge on any atom is -0.497 e. The van der Waals surface area contributed by atoms with Crippen LogP contribution in [0.25, 0.3) is 10.9 Å². The van der Waals surface area contributed by atoms with Crippen molar-refractivity contribution in [1.82, 2.24) is 4.98 Å². The van der Waals surface area contributed by atoms with Gasteiger partial charge in [0, 0.05) is 23.7 Å². The van der Waals surface area contributed by atoms with E-state index < -0.39 is 12.1 Å². The largest absolute Gasteiger partial charge is 0.497 e. The van der Waals surface area contributed by atoms with Gasteiger partial charge < -0.3 is 19.6 Å². The van der Waals surface area contributed by atoms with E-state index >= 15 is 0 Å². The molecule has 2 aromatic rings. The average molecular weight is 249 g/mol. The van der Waals surface area contributed by atoms with Crippen LogP contribution < -0.4 is 4.74 Å². The number of H-pyrrole nitrogens is 1. The number of aliphatic hydroxyl groups excluding tert-OH is 1. The van der Waals surface area contributed by atoms with Crippen LogP contribution in [0.3, 0.4) is 0 Å². The molecular formula is C13H15NO4. The van der Waals surface area contributed by atoms with Crippen molar-refractivity contribution in [2.45, 2.75) is 13.2 Å². The predicted molar refractivity (Wildman–Crippen MR) is 66.9 cm³/mol. The minimum absolute atomic E-state index is 0.429. The molecule has 0 amide bonds. The fraction of sp³-hybridized carbons (Fsp3) is 0.308. The molecule has 0 saturated carbocycles. The zero-order chi connectivity index (χ0) is 13.3. The summed E-state index contributed by atoms with van der Waals surface area (Å²) >= 11 is 0. The number of hydrogen-bond donors (Lipinski definition) is 2. The lowest BCUT2D eigenvalue weighted by molar-refractivity contribution is -0.0482. The van der Waals surface area contributed by atoms with Crippen molar-refractivity contribution >= 4 is 16.7 Å². The number of benzene rings is 1. The summed E-state index contributed by atoms with van der Waals surface area (Å²) in [6, 6.07) is 5.39. The van der Waals surface area contributed by atoms with Crippen molar-refractivity contribution in [2.75, 3.05) is 14.2 Å². The number of nitrogens with one attached hydrogen (secondary N) is 1. The number of carbonyl (C=O) groups is 1. The molecule has 1 aromatic heterocycles. The number of aliphatic hydroxyl groups is 1. The molecule has 1 unspecified atom stereocenters. The second-order valence-electron chi connectivity index (χ2n) is 3.99. The fourth-order valence-corrected chi connectivity index (χ4v) is 1.98. The standard InChI is InChI=1S/C13H15NO4/c1-7-11(12(15)13(16)18-3)9-6-8(17-2)4-5-10(9)14-7/h4-6,13-14,16H,1-3H3. The number of aryl methyl sites for hydroxylation is 1. The molecule has 5 nitrogen and oxygen atoms in total. The van der Waals surface area contributed by atoms with Gasteiger partial charge in [-0.3, -0.25) is 4.79 Å². The summed E-state index contributed by atoms with van der Waals surface area (Å²) in [5.41, 5.74) is 1.94. The van der Waals surface area contributed by atoms with Crippen LogP contribution in [-0.2, 0) is 4.74 Å². The normalized spacial score (nSPS) is 12.7. The number of aromatic amines is 1. The Hall–Kier alpha value is -1.85. The molecule has 2 N–H and O–H groups in total. The summed E-state index contributed by atoms with van der Waals surface area (Å²) in [7, 11) is 2.85. The molecule has 0 aliphatic rings. The van der Waals surface area contributed by atoms with Crippen molar-refractivity contribution in [1.29, 1.82) is 0 Å². The van der Waals surface area contributed by atoms with Gasteiger partial charge in [0.15, 0.2) is 0 Å². The second kappa shape index (κ2) is 4.80. The highest BCUT2D eigenvalue weighted by molar-refractivity contribution is 6.10. The van der Waals surface area contributed by atoms with E-state index in [1.165, 1.54) is 7.11 Å². The van der Waals surface area contributed by atoms with Crippen molar-refractivity contribution in [3.05, 3.63) is 29.5 Å². The van der Waals surface area contributed by atoms with Crippen LogP contribution in [0.5, 0.6) is 5.75 Å². The topological polar surface area (TPSA) is 71.6 Å². The van der Waals surface area contributed by atoms with Gasteiger partial charge in [0.2, 0.25) is 12.1 Å². The number of methoxy groups -OCH3 is 2. The van der Waals surface area contributed by atoms with E-state index in [2.05, 4.69) is 9.72 Å². The molecule has 0 spiro atoms. The maximum atomic E-state index is 12.0. The van der Waals surface area contributed by atoms with Crippen molar-refractivity contribution in [2.24, 2.45) is 0 Å². The van der Waals surface area contributed by atoms with Gasteiger partial charge in [0.25, 0.3) is 0 Å². The third-order valence-electron chi connectivity index (χ3n) is 2.89. The Morgan fingerprint density at radius 2 is 2.11 bits per heavy atom. The summed E-state index contributed by atoms with van der Waals surface area (Å²) in [4.78, 5) is 15.1. The molecule has 2 rings (SSSR count). The van der Waals surface area contributed by atoms with Crippen LogP contribution in [0.15, 0.2) is 18.2 Å². The first-order valence-corrected chi connectivity index (χ1v) is 5.50. The highest BCUT2D eigenvalue weighted by Crippen LogP contribution is 2.27. The Kier molecular flexibility index (Phi) is 3.36. The molecule has 1 atom stereocenters. The molecule has 5 heteroatoms. The van der Waals surface area contributed by atoms with E-state index in [4.69, 9.17) is 4.74 Å². The molecule has 18 heavy (non-hydrogen) atoms. The molecule has 0 saturated heterocycles. The first-order valence-electron chi connectivity index (χ1n) is 5.50. The molecule has 1 aromatic carbocycles. The van der Waals surface area contributed by atoms with Crippen LogP contribution in [0.2, 0.25) is 0 Å². The summed E-state index contributed by atoms with van der Waals surface area (Å²) < 4.78 is 9.79. The Morgan fingerprint density at radius 3 is 2.72 bits per heavy atom. The zero-order valence-electron chi connectivity index (χ0n) is 10.5. The Balaban J connectivity index is 2.61. The van der Waals surface area contributed by atoms with E-state index in [-0.39, 0.29) is 0 Å². The van der Waals surface area contributed by atoms with Gasteiger partial charge in [-0.1, -0.05) is 0 Å². The van der Waals surface area contributed by atoms with Crippen LogP contribution in [0, 0.1) is 6.92 Å². The van der Waals surface area contributed by atoms with Gasteiger partial charge in [-0.25, -0.2) is 0 Å². The number of rotatable bonds is 4. The summed E-state index contributed by atoms with van der Waals surface area (Å²) in [6.45, 7) is 1.78. The highest BCUT2D eigenvalue weighted by atomic mass is 16.6. The first-order chi connectivity index (χ1) is 8.58. The predicted octanol–water partition coefficient (Wildman–Crippen LogP) is 1.63. The maximum Gasteiger partial charge on any atom is 0.220 e. The Morgan fingerprint density at radius 1 is 1.39 bits per heavy atom. The number of ether oxygens (including phenoxy) is 2. The van der Waals surface area contributed by atoms with Crippen LogP contribution in [0.1, 0.15) is 16.1 Å². The van der Waals surface area contributed by atoms with E-state index in [1.54, 1.807) is 26.2 Å². The molecule has 0 bridgehead atoms. The van der Waals surface area contributed by atoms with Gasteiger partial charge >= 0.3 is 0 Å². The third-order valence-corrected chi connectivity index (χ3v) is 2.89. The van der Waals surface area contributed by atoms with Crippen molar-refractivity contribution in [3.8, 4) is 5.75 Å². The molecule has 0 aliphatic heterocycles. The van der Waals surface area contributed by atoms with Gasteiger partial charge in [-0.15, -0.1) is 0 Å². The highest BCUT2D eigenvalue weighted by Gasteiger charge is 2.22. The lowest BCUT2D eigenvalue weighted by Crippen LogP contribution is -2.22. The van der Waals surface area contributed by atoms with Crippen LogP contribution >= 0.6 is 0 Å². The molecule has 0 radical (unpaired) electrons. The number of Topliss-reactive ketones (excluding diaryl/α,β-unsaturated/α-hetero) is 1. The molecule has 0 fully saturated rings. The number of ketones is 1. The first kappa shape index (κ1) is 12.6. The summed E-state index contributed by atoms with van der Waals surface area (Å²) in [6.07, 6.45) is -1.45. The minimum atomic E-state index is -1.45. The third kappa shape index (κ3) is 1.98. The van der Waals surface area contributed by atoms with Gasteiger partial charge in [-0.05, 0) is 25.1 Å². The molecular weight excluding hydrogens is 234 g/mol. The van der Waals surface area contributed by atoms with Gasteiger partial charge in [0.05, 0.1) is 12.7 Å². The monoisotopic (exact) mass is 249 g/mol. The second-order valence-corrected chi connectivity index (χ2v) is 3.99. The number of carbonyl (C=O) groups excluding carboxylic acids is 1. The van der Waals surface area contributed by atoms with Gasteiger partial charge in [-0.2, -0.15) is 0 Å². The van der Waals surface area contributed by atoms with Crippen LogP contribution in [0.4, 0.5) is 0 Å². The number of aromatic nitrogens is 1. The summed E-state index contributed by atoms with van der Waals surface area (Å²) in [5, 5.41) is 10.2. The van der Waals surface area contributed by atoms with E-state index in [9.17, 15) is 9.90 Å². The Bertz CT molecular complexity index is 588. The van der Waals surface area contributed by atoms with Crippen molar-refractivity contribution in [3.63, 3.8) is 0 Å². The quantitative estimate of drug-likeness (QED) is 0.638. The number of fused-ring (bicyclic) bond motifs is 1. The average Bonchev–Trinajstić information content (AvgIpc) is 2.71. The number of hydrogen-bond acceptors (Lipinski definition) is 4. The SMILES string of the molecule is COc1ccc2[nH]c(C)c(C(=O)C(O)OC)c2c1. The zero-order valence-corrected chi connectivity index (χ0v) is 10.5. The van der Waals surface area contributed by atoms with Crippen molar-refractivity contribution < 1.29 is 19.4 Å². The van der Waals surface area contributed by atoms with Crippen LogP contribution in [-0.4, -0.2) is 36.4 Å². The molecule has 1 heterocycles. The fourth-order valence-electron chi connectivity index (χ4n) is 1.98.